The topological polar surface area (TPSA) is 101 Å². The van der Waals surface area contributed by atoms with Gasteiger partial charge in [-0.3, -0.25) is 19.8 Å². The summed E-state index contributed by atoms with van der Waals surface area (Å²) >= 11 is 1.24. The lowest BCUT2D eigenvalue weighted by molar-refractivity contribution is -0.125. The lowest BCUT2D eigenvalue weighted by atomic mass is 9.92. The van der Waals surface area contributed by atoms with E-state index >= 15 is 0 Å². The molecular weight excluding hydrogens is 302 g/mol. The Bertz CT molecular complexity index is 688. The third-order valence-electron chi connectivity index (χ3n) is 3.61. The number of rotatable bonds is 4. The first-order valence-corrected chi connectivity index (χ1v) is 7.70. The van der Waals surface area contributed by atoms with Crippen LogP contribution in [0.1, 0.15) is 17.2 Å². The number of nitrogens with two attached hydrogens (primary N) is 1. The molecule has 0 spiro atoms. The molecule has 114 valence electrons. The zero-order chi connectivity index (χ0) is 15.5. The van der Waals surface area contributed by atoms with Crippen molar-refractivity contribution < 1.29 is 9.59 Å². The lowest BCUT2D eigenvalue weighted by Gasteiger charge is -2.34. The molecule has 1 aromatic heterocycles. The van der Waals surface area contributed by atoms with Crippen molar-refractivity contribution in [2.45, 2.75) is 12.5 Å². The van der Waals surface area contributed by atoms with E-state index in [9.17, 15) is 9.59 Å². The molecule has 1 atom stereocenters. The molecular formula is C14H15N5O2S. The van der Waals surface area contributed by atoms with Gasteiger partial charge < -0.3 is 5.73 Å². The Morgan fingerprint density at radius 2 is 2.23 bits per heavy atom. The van der Waals surface area contributed by atoms with Gasteiger partial charge in [-0.15, -0.1) is 10.2 Å². The van der Waals surface area contributed by atoms with Gasteiger partial charge in [-0.25, -0.2) is 0 Å². The lowest BCUT2D eigenvalue weighted by Crippen LogP contribution is -2.45. The fourth-order valence-electron chi connectivity index (χ4n) is 2.69. The molecule has 0 fully saturated rings. The molecule has 8 heteroatoms. The van der Waals surface area contributed by atoms with Gasteiger partial charge in [-0.2, -0.15) is 0 Å². The normalized spacial score (nSPS) is 17.7. The van der Waals surface area contributed by atoms with E-state index in [-0.39, 0.29) is 12.5 Å². The number of hydrogen-bond acceptors (Lipinski definition) is 6. The van der Waals surface area contributed by atoms with E-state index in [1.165, 1.54) is 11.3 Å². The average molecular weight is 317 g/mol. The van der Waals surface area contributed by atoms with Crippen molar-refractivity contribution in [2.75, 3.05) is 18.4 Å². The number of aromatic nitrogens is 2. The molecule has 1 aromatic carbocycles. The predicted molar refractivity (Wildman–Crippen MR) is 82.2 cm³/mol. The Labute approximate surface area is 131 Å². The number of carbonyl (C=O) groups excluding carboxylic acids is 2. The predicted octanol–water partition coefficient (Wildman–Crippen LogP) is 0.561. The Morgan fingerprint density at radius 3 is 2.95 bits per heavy atom. The number of carbonyl (C=O) groups is 2. The highest BCUT2D eigenvalue weighted by molar-refractivity contribution is 7.13. The number of nitrogens with one attached hydrogen (secondary N) is 1. The van der Waals surface area contributed by atoms with Crippen LogP contribution in [0.2, 0.25) is 0 Å². The summed E-state index contributed by atoms with van der Waals surface area (Å²) in [6, 6.07) is 7.11. The monoisotopic (exact) mass is 317 g/mol. The fraction of sp³-hybridized carbons (Fsp3) is 0.286. The molecule has 0 saturated carbocycles. The molecule has 0 bridgehead atoms. The first kappa shape index (κ1) is 14.6. The van der Waals surface area contributed by atoms with Gasteiger partial charge in [0.15, 0.2) is 0 Å². The fourth-order valence-corrected chi connectivity index (χ4v) is 3.15. The second-order valence-electron chi connectivity index (χ2n) is 5.02. The summed E-state index contributed by atoms with van der Waals surface area (Å²) in [6.07, 6.45) is 0.784. The van der Waals surface area contributed by atoms with E-state index in [0.29, 0.717) is 11.7 Å². The van der Waals surface area contributed by atoms with Crippen molar-refractivity contribution in [1.29, 1.82) is 0 Å². The van der Waals surface area contributed by atoms with Gasteiger partial charge >= 0.3 is 0 Å². The molecule has 2 amide bonds. The van der Waals surface area contributed by atoms with Crippen LogP contribution >= 0.6 is 11.3 Å². The van der Waals surface area contributed by atoms with Crippen LogP contribution in [-0.4, -0.2) is 40.0 Å². The number of hydrogen-bond donors (Lipinski definition) is 2. The van der Waals surface area contributed by atoms with E-state index in [1.54, 1.807) is 10.4 Å². The first-order chi connectivity index (χ1) is 10.6. The molecule has 22 heavy (non-hydrogen) atoms. The molecule has 0 radical (unpaired) electrons. The summed E-state index contributed by atoms with van der Waals surface area (Å²) in [7, 11) is 0. The van der Waals surface area contributed by atoms with Gasteiger partial charge in [-0.1, -0.05) is 35.6 Å². The van der Waals surface area contributed by atoms with Crippen LogP contribution in [0, 0.1) is 0 Å². The summed E-state index contributed by atoms with van der Waals surface area (Å²) in [5.74, 6) is -0.682. The maximum Gasteiger partial charge on any atom is 0.240 e. The van der Waals surface area contributed by atoms with Crippen molar-refractivity contribution in [3.05, 3.63) is 40.9 Å². The second kappa shape index (κ2) is 6.20. The Balaban J connectivity index is 1.76. The zero-order valence-corrected chi connectivity index (χ0v) is 12.5. The molecule has 3 N–H and O–H groups in total. The molecule has 7 nitrogen and oxygen atoms in total. The van der Waals surface area contributed by atoms with Crippen LogP contribution in [0.15, 0.2) is 29.8 Å². The Kier molecular flexibility index (Phi) is 4.12. The maximum atomic E-state index is 12.1. The van der Waals surface area contributed by atoms with Crippen LogP contribution in [0.4, 0.5) is 5.13 Å². The Hall–Kier alpha value is -2.32. The van der Waals surface area contributed by atoms with Crippen molar-refractivity contribution in [2.24, 2.45) is 5.73 Å². The summed E-state index contributed by atoms with van der Waals surface area (Å²) in [4.78, 5) is 25.7. The third kappa shape index (κ3) is 2.97. The maximum absolute atomic E-state index is 12.1. The highest BCUT2D eigenvalue weighted by atomic mass is 32.1. The molecule has 1 aliphatic rings. The van der Waals surface area contributed by atoms with Gasteiger partial charge in [0.25, 0.3) is 0 Å². The van der Waals surface area contributed by atoms with E-state index in [2.05, 4.69) is 15.5 Å². The van der Waals surface area contributed by atoms with Crippen molar-refractivity contribution >= 4 is 28.3 Å². The quantitative estimate of drug-likeness (QED) is 0.858. The summed E-state index contributed by atoms with van der Waals surface area (Å²) < 4.78 is 0. The van der Waals surface area contributed by atoms with E-state index < -0.39 is 11.9 Å². The molecule has 1 aliphatic heterocycles. The van der Waals surface area contributed by atoms with E-state index in [4.69, 9.17) is 5.73 Å². The standard InChI is InChI=1S/C14H15N5O2S/c15-13(21)12-10-4-2-1-3-9(10)5-6-19(12)7-11(20)17-14-18-16-8-22-14/h1-4,8,12H,5-7H2,(H2,15,21)(H,17,18,20)/t12-/m1/s1. The highest BCUT2D eigenvalue weighted by Gasteiger charge is 2.32. The SMILES string of the molecule is NC(=O)[C@H]1c2ccccc2CCN1CC(=O)Nc1nncs1. The van der Waals surface area contributed by atoms with Crippen LogP contribution in [0.25, 0.3) is 0 Å². The number of amides is 2. The smallest absolute Gasteiger partial charge is 0.240 e. The molecule has 0 unspecified atom stereocenters. The van der Waals surface area contributed by atoms with Crippen LogP contribution in [-0.2, 0) is 16.0 Å². The van der Waals surface area contributed by atoms with Gasteiger partial charge in [0.2, 0.25) is 16.9 Å². The van der Waals surface area contributed by atoms with Gasteiger partial charge in [0.05, 0.1) is 6.54 Å². The summed E-state index contributed by atoms with van der Waals surface area (Å²) in [5, 5.41) is 10.5. The number of anilines is 1. The minimum atomic E-state index is -0.579. The van der Waals surface area contributed by atoms with E-state index in [0.717, 1.165) is 17.5 Å². The minimum absolute atomic E-state index is 0.0848. The van der Waals surface area contributed by atoms with Crippen molar-refractivity contribution in [3.63, 3.8) is 0 Å². The van der Waals surface area contributed by atoms with Crippen LogP contribution in [0.3, 0.4) is 0 Å². The average Bonchev–Trinajstić information content (AvgIpc) is 2.99. The van der Waals surface area contributed by atoms with Gasteiger partial charge in [-0.05, 0) is 17.5 Å². The zero-order valence-electron chi connectivity index (χ0n) is 11.7. The van der Waals surface area contributed by atoms with Crippen LogP contribution < -0.4 is 11.1 Å². The molecule has 0 aliphatic carbocycles. The Morgan fingerprint density at radius 1 is 1.41 bits per heavy atom. The number of benzene rings is 1. The third-order valence-corrected chi connectivity index (χ3v) is 4.21. The van der Waals surface area contributed by atoms with Gasteiger partial charge in [0, 0.05) is 6.54 Å². The number of primary amides is 1. The summed E-state index contributed by atoms with van der Waals surface area (Å²) in [6.45, 7) is 0.690. The molecule has 2 aromatic rings. The largest absolute Gasteiger partial charge is 0.368 e. The second-order valence-corrected chi connectivity index (χ2v) is 5.85. The molecule has 3 rings (SSSR count). The summed E-state index contributed by atoms with van der Waals surface area (Å²) in [5.41, 5.74) is 9.08. The van der Waals surface area contributed by atoms with Crippen molar-refractivity contribution in [3.8, 4) is 0 Å². The highest BCUT2D eigenvalue weighted by Crippen LogP contribution is 2.29. The number of fused-ring (bicyclic) bond motifs is 1. The molecule has 2 heterocycles. The van der Waals surface area contributed by atoms with Gasteiger partial charge in [0.1, 0.15) is 11.6 Å². The van der Waals surface area contributed by atoms with Crippen molar-refractivity contribution in [1.82, 2.24) is 15.1 Å². The van der Waals surface area contributed by atoms with Crippen LogP contribution in [0.5, 0.6) is 0 Å². The molecule has 0 saturated heterocycles. The first-order valence-electron chi connectivity index (χ1n) is 6.82. The minimum Gasteiger partial charge on any atom is -0.368 e. The van der Waals surface area contributed by atoms with E-state index in [1.807, 2.05) is 24.3 Å². The number of nitrogens with zero attached hydrogens (tertiary/aromatic N) is 3.